The SMILES string of the molecule is Cc1cc(-c2nsc3c(P(C)(C)=O)cc(N4CCOCC4C)nc23)[nH]n1. The summed E-state index contributed by atoms with van der Waals surface area (Å²) < 4.78 is 24.0. The van der Waals surface area contributed by atoms with Crippen molar-refractivity contribution in [1.82, 2.24) is 19.6 Å². The summed E-state index contributed by atoms with van der Waals surface area (Å²) in [5.41, 5.74) is 3.29. The number of morpholine rings is 1. The van der Waals surface area contributed by atoms with E-state index in [1.54, 1.807) is 13.3 Å². The van der Waals surface area contributed by atoms with Crippen LogP contribution in [-0.2, 0) is 9.30 Å². The molecule has 1 saturated heterocycles. The molecule has 26 heavy (non-hydrogen) atoms. The monoisotopic (exact) mass is 391 g/mol. The molecule has 0 amide bonds. The van der Waals surface area contributed by atoms with Crippen molar-refractivity contribution >= 4 is 40.0 Å². The lowest BCUT2D eigenvalue weighted by molar-refractivity contribution is 0.0986. The van der Waals surface area contributed by atoms with Crippen LogP contribution >= 0.6 is 18.7 Å². The molecule has 1 N–H and O–H groups in total. The third-order valence-electron chi connectivity index (χ3n) is 4.60. The van der Waals surface area contributed by atoms with E-state index in [9.17, 15) is 4.57 Å². The summed E-state index contributed by atoms with van der Waals surface area (Å²) in [7, 11) is -2.49. The molecule has 1 atom stereocenters. The van der Waals surface area contributed by atoms with Gasteiger partial charge < -0.3 is 14.2 Å². The Hall–Kier alpha value is -1.76. The lowest BCUT2D eigenvalue weighted by Crippen LogP contribution is -2.44. The Morgan fingerprint density at radius 3 is 2.85 bits per heavy atom. The maximum absolute atomic E-state index is 13.0. The predicted octanol–water partition coefficient (Wildman–Crippen LogP) is 2.86. The fourth-order valence-corrected chi connectivity index (χ4v) is 5.78. The van der Waals surface area contributed by atoms with Crippen molar-refractivity contribution in [1.29, 1.82) is 0 Å². The highest BCUT2D eigenvalue weighted by Crippen LogP contribution is 2.41. The van der Waals surface area contributed by atoms with Crippen LogP contribution in [0.1, 0.15) is 12.6 Å². The number of aryl methyl sites for hydroxylation is 1. The van der Waals surface area contributed by atoms with Crippen molar-refractivity contribution < 1.29 is 9.30 Å². The van der Waals surface area contributed by atoms with Crippen LogP contribution < -0.4 is 10.2 Å². The van der Waals surface area contributed by atoms with Crippen LogP contribution in [0, 0.1) is 6.92 Å². The van der Waals surface area contributed by atoms with Crippen LogP contribution in [-0.4, -0.2) is 58.7 Å². The molecule has 1 aliphatic heterocycles. The highest BCUT2D eigenvalue weighted by Gasteiger charge is 2.26. The molecule has 0 saturated carbocycles. The molecule has 1 unspecified atom stereocenters. The first-order chi connectivity index (χ1) is 12.3. The molecule has 1 fully saturated rings. The van der Waals surface area contributed by atoms with Crippen LogP contribution in [0.25, 0.3) is 21.6 Å². The minimum Gasteiger partial charge on any atom is -0.377 e. The quantitative estimate of drug-likeness (QED) is 0.691. The zero-order valence-electron chi connectivity index (χ0n) is 15.3. The van der Waals surface area contributed by atoms with E-state index in [-0.39, 0.29) is 6.04 Å². The van der Waals surface area contributed by atoms with Gasteiger partial charge >= 0.3 is 0 Å². The molecule has 0 aliphatic carbocycles. The normalized spacial score (nSPS) is 18.6. The lowest BCUT2D eigenvalue weighted by Gasteiger charge is -2.34. The van der Waals surface area contributed by atoms with Crippen LogP contribution in [0.2, 0.25) is 0 Å². The summed E-state index contributed by atoms with van der Waals surface area (Å²) in [6.07, 6.45) is 0. The second kappa shape index (κ2) is 6.44. The molecule has 4 heterocycles. The van der Waals surface area contributed by atoms with Gasteiger partial charge in [-0.25, -0.2) is 4.98 Å². The Labute approximate surface area is 156 Å². The molecule has 4 rings (SSSR count). The summed E-state index contributed by atoms with van der Waals surface area (Å²) in [4.78, 5) is 7.14. The first kappa shape index (κ1) is 17.6. The van der Waals surface area contributed by atoms with Crippen LogP contribution in [0.3, 0.4) is 0 Å². The molecule has 3 aromatic heterocycles. The summed E-state index contributed by atoms with van der Waals surface area (Å²) in [6.45, 7) is 9.76. The summed E-state index contributed by atoms with van der Waals surface area (Å²) >= 11 is 1.35. The van der Waals surface area contributed by atoms with E-state index in [0.717, 1.165) is 45.0 Å². The van der Waals surface area contributed by atoms with E-state index in [1.165, 1.54) is 11.5 Å². The van der Waals surface area contributed by atoms with Gasteiger partial charge in [0.15, 0.2) is 0 Å². The highest BCUT2D eigenvalue weighted by molar-refractivity contribution is 7.71. The smallest absolute Gasteiger partial charge is 0.130 e. The van der Waals surface area contributed by atoms with Gasteiger partial charge in [-0.1, -0.05) is 0 Å². The third kappa shape index (κ3) is 3.06. The van der Waals surface area contributed by atoms with Gasteiger partial charge in [0, 0.05) is 11.8 Å². The third-order valence-corrected chi connectivity index (χ3v) is 7.13. The lowest BCUT2D eigenvalue weighted by atomic mass is 10.2. The van der Waals surface area contributed by atoms with E-state index in [4.69, 9.17) is 9.72 Å². The number of anilines is 1. The first-order valence-corrected chi connectivity index (χ1v) is 11.9. The molecule has 7 nitrogen and oxygen atoms in total. The largest absolute Gasteiger partial charge is 0.377 e. The predicted molar refractivity (Wildman–Crippen MR) is 106 cm³/mol. The molecule has 1 aliphatic rings. The number of nitrogens with zero attached hydrogens (tertiary/aromatic N) is 4. The molecule has 0 spiro atoms. The Balaban J connectivity index is 1.94. The van der Waals surface area contributed by atoms with Gasteiger partial charge in [0.2, 0.25) is 0 Å². The Bertz CT molecular complexity index is 1010. The summed E-state index contributed by atoms with van der Waals surface area (Å²) in [6, 6.07) is 4.15. The standard InChI is InChI=1S/C17H22N5O2PS/c1-10-7-12(20-19-10)15-16-17(26-21-15)13(25(3,4)23)8-14(18-16)22-5-6-24-9-11(22)2/h7-8,11H,5-6,9H2,1-4H3,(H,19,20). The summed E-state index contributed by atoms with van der Waals surface area (Å²) in [5, 5.41) is 8.07. The first-order valence-electron chi connectivity index (χ1n) is 8.57. The van der Waals surface area contributed by atoms with Crippen molar-refractivity contribution in [2.75, 3.05) is 38.0 Å². The zero-order chi connectivity index (χ0) is 18.5. The number of nitrogens with one attached hydrogen (secondary N) is 1. The van der Waals surface area contributed by atoms with Crippen molar-refractivity contribution in [2.45, 2.75) is 19.9 Å². The van der Waals surface area contributed by atoms with Gasteiger partial charge in [0.1, 0.15) is 24.2 Å². The van der Waals surface area contributed by atoms with Crippen molar-refractivity contribution in [3.8, 4) is 11.4 Å². The maximum atomic E-state index is 13.0. The van der Waals surface area contributed by atoms with Gasteiger partial charge in [-0.15, -0.1) is 0 Å². The number of hydrogen-bond donors (Lipinski definition) is 1. The number of aromatic nitrogens is 4. The van der Waals surface area contributed by atoms with E-state index in [2.05, 4.69) is 26.4 Å². The minimum absolute atomic E-state index is 0.221. The number of ether oxygens (including phenoxy) is 1. The fourth-order valence-electron chi connectivity index (χ4n) is 3.23. The van der Waals surface area contributed by atoms with Gasteiger partial charge in [0.25, 0.3) is 0 Å². The van der Waals surface area contributed by atoms with Gasteiger partial charge in [-0.3, -0.25) is 5.10 Å². The number of rotatable bonds is 3. The highest BCUT2D eigenvalue weighted by atomic mass is 32.1. The molecule has 0 bridgehead atoms. The molecule has 0 radical (unpaired) electrons. The van der Waals surface area contributed by atoms with Crippen molar-refractivity contribution in [2.24, 2.45) is 0 Å². The van der Waals surface area contributed by atoms with Gasteiger partial charge in [-0.2, -0.15) is 9.47 Å². The van der Waals surface area contributed by atoms with Crippen LogP contribution in [0.4, 0.5) is 5.82 Å². The van der Waals surface area contributed by atoms with E-state index >= 15 is 0 Å². The number of H-pyrrole nitrogens is 1. The van der Waals surface area contributed by atoms with E-state index < -0.39 is 7.14 Å². The Morgan fingerprint density at radius 2 is 2.19 bits per heavy atom. The maximum Gasteiger partial charge on any atom is 0.130 e. The molecule has 138 valence electrons. The number of hydrogen-bond acceptors (Lipinski definition) is 7. The molecule has 0 aromatic carbocycles. The molecular formula is C17H22N5O2PS. The second-order valence-corrected chi connectivity index (χ2v) is 11.1. The number of fused-ring (bicyclic) bond motifs is 1. The second-order valence-electron chi connectivity index (χ2n) is 7.10. The molecule has 3 aromatic rings. The topological polar surface area (TPSA) is 84.0 Å². The average Bonchev–Trinajstić information content (AvgIpc) is 3.19. The van der Waals surface area contributed by atoms with E-state index in [1.807, 2.05) is 19.1 Å². The van der Waals surface area contributed by atoms with Crippen molar-refractivity contribution in [3.63, 3.8) is 0 Å². The average molecular weight is 391 g/mol. The fraction of sp³-hybridized carbons (Fsp3) is 0.471. The van der Waals surface area contributed by atoms with Crippen molar-refractivity contribution in [3.05, 3.63) is 17.8 Å². The Morgan fingerprint density at radius 1 is 1.38 bits per heavy atom. The van der Waals surface area contributed by atoms with E-state index in [0.29, 0.717) is 13.2 Å². The Kier molecular flexibility index (Phi) is 4.37. The summed E-state index contributed by atoms with van der Waals surface area (Å²) in [5.74, 6) is 0.838. The molecule has 9 heteroatoms. The zero-order valence-corrected chi connectivity index (χ0v) is 17.0. The van der Waals surface area contributed by atoms with Gasteiger partial charge in [-0.05, 0) is 50.8 Å². The van der Waals surface area contributed by atoms with Gasteiger partial charge in [0.05, 0.1) is 35.3 Å². The molecular weight excluding hydrogens is 369 g/mol. The van der Waals surface area contributed by atoms with Crippen LogP contribution in [0.5, 0.6) is 0 Å². The number of aromatic amines is 1. The number of pyridine rings is 1. The minimum atomic E-state index is -2.49. The van der Waals surface area contributed by atoms with Crippen LogP contribution in [0.15, 0.2) is 12.1 Å².